The van der Waals surface area contributed by atoms with Gasteiger partial charge >= 0.3 is 5.97 Å². The number of benzene rings is 1. The molecule has 1 aromatic carbocycles. The van der Waals surface area contributed by atoms with Crippen molar-refractivity contribution in [1.29, 1.82) is 0 Å². The van der Waals surface area contributed by atoms with Gasteiger partial charge in [0.25, 0.3) is 5.69 Å². The van der Waals surface area contributed by atoms with Crippen molar-refractivity contribution in [2.75, 3.05) is 13.1 Å². The number of amides is 1. The van der Waals surface area contributed by atoms with E-state index >= 15 is 0 Å². The number of nitro groups is 1. The molecule has 3 rings (SSSR count). The summed E-state index contributed by atoms with van der Waals surface area (Å²) in [5.41, 5.74) is 0.955. The number of non-ortho nitro benzene ring substituents is 1. The number of piperidine rings is 1. The van der Waals surface area contributed by atoms with Crippen molar-refractivity contribution in [3.05, 3.63) is 57.9 Å². The summed E-state index contributed by atoms with van der Waals surface area (Å²) in [5.74, 6) is -0.985. The molecule has 0 unspecified atom stereocenters. The fourth-order valence-corrected chi connectivity index (χ4v) is 3.26. The van der Waals surface area contributed by atoms with Gasteiger partial charge in [-0.1, -0.05) is 12.1 Å². The summed E-state index contributed by atoms with van der Waals surface area (Å²) in [5, 5.41) is 23.9. The van der Waals surface area contributed by atoms with Gasteiger partial charge in [0.2, 0.25) is 5.91 Å². The van der Waals surface area contributed by atoms with E-state index < -0.39 is 10.9 Å². The Kier molecular flexibility index (Phi) is 5.49. The Morgan fingerprint density at radius 1 is 1.30 bits per heavy atom. The molecule has 0 saturated carbocycles. The number of aromatic nitrogens is 2. The van der Waals surface area contributed by atoms with Crippen LogP contribution in [-0.2, 0) is 11.2 Å². The second-order valence-corrected chi connectivity index (χ2v) is 6.55. The Morgan fingerprint density at radius 2 is 2.04 bits per heavy atom. The van der Waals surface area contributed by atoms with Gasteiger partial charge < -0.3 is 10.0 Å². The minimum Gasteiger partial charge on any atom is -0.478 e. The zero-order valence-corrected chi connectivity index (χ0v) is 14.7. The second kappa shape index (κ2) is 7.98. The van der Waals surface area contributed by atoms with Gasteiger partial charge in [0.05, 0.1) is 22.7 Å². The molecule has 1 aliphatic heterocycles. The first kappa shape index (κ1) is 18.6. The van der Waals surface area contributed by atoms with Crippen molar-refractivity contribution in [2.24, 2.45) is 0 Å². The van der Waals surface area contributed by atoms with Crippen LogP contribution in [-0.4, -0.2) is 49.7 Å². The van der Waals surface area contributed by atoms with Crippen LogP contribution in [0.5, 0.6) is 0 Å². The maximum atomic E-state index is 12.4. The average molecular weight is 372 g/mol. The molecule has 9 nitrogen and oxygen atoms in total. The Balaban J connectivity index is 1.50. The van der Waals surface area contributed by atoms with Crippen LogP contribution in [0.3, 0.4) is 0 Å². The van der Waals surface area contributed by atoms with Crippen LogP contribution in [0.15, 0.2) is 36.7 Å². The first-order valence-corrected chi connectivity index (χ1v) is 8.72. The van der Waals surface area contributed by atoms with Gasteiger partial charge in [0, 0.05) is 37.8 Å². The summed E-state index contributed by atoms with van der Waals surface area (Å²) in [6.45, 7) is 1.17. The van der Waals surface area contributed by atoms with Crippen LogP contribution in [0.4, 0.5) is 5.69 Å². The lowest BCUT2D eigenvalue weighted by atomic mass is 10.0. The van der Waals surface area contributed by atoms with Gasteiger partial charge in [0.15, 0.2) is 0 Å². The number of hydrogen-bond acceptors (Lipinski definition) is 5. The molecule has 1 fully saturated rings. The predicted molar refractivity (Wildman–Crippen MR) is 95.5 cm³/mol. The number of carbonyl (C=O) groups excluding carboxylic acids is 1. The highest BCUT2D eigenvalue weighted by molar-refractivity contribution is 5.86. The van der Waals surface area contributed by atoms with Crippen LogP contribution in [0.1, 0.15) is 41.2 Å². The Labute approximate surface area is 155 Å². The maximum absolute atomic E-state index is 12.4. The molecule has 142 valence electrons. The lowest BCUT2D eigenvalue weighted by molar-refractivity contribution is -0.384. The van der Waals surface area contributed by atoms with Gasteiger partial charge in [-0.05, 0) is 24.8 Å². The number of nitrogens with zero attached hydrogens (tertiary/aromatic N) is 4. The topological polar surface area (TPSA) is 119 Å². The van der Waals surface area contributed by atoms with Crippen molar-refractivity contribution in [2.45, 2.75) is 31.7 Å². The molecule has 2 aromatic rings. The molecule has 0 spiro atoms. The highest BCUT2D eigenvalue weighted by atomic mass is 16.6. The van der Waals surface area contributed by atoms with E-state index in [0.717, 1.165) is 5.56 Å². The number of hydrogen-bond donors (Lipinski definition) is 1. The van der Waals surface area contributed by atoms with Crippen molar-refractivity contribution in [3.8, 4) is 0 Å². The SMILES string of the molecule is O=C(O)c1cnn(C2CCN(C(=O)CCc3cccc([N+](=O)[O-])c3)CC2)c1. The molecular formula is C18H20N4O5. The number of aromatic carboxylic acids is 1. The van der Waals surface area contributed by atoms with Crippen molar-refractivity contribution < 1.29 is 19.6 Å². The minimum atomic E-state index is -1.00. The highest BCUT2D eigenvalue weighted by Crippen LogP contribution is 2.23. The molecule has 2 heterocycles. The van der Waals surface area contributed by atoms with E-state index in [4.69, 9.17) is 5.11 Å². The number of carboxylic acids is 1. The number of carbonyl (C=O) groups is 2. The Bertz CT molecular complexity index is 855. The number of carboxylic acid groups (broad SMARTS) is 1. The number of aryl methyl sites for hydroxylation is 1. The van der Waals surface area contributed by atoms with Crippen molar-refractivity contribution in [1.82, 2.24) is 14.7 Å². The fraction of sp³-hybridized carbons (Fsp3) is 0.389. The summed E-state index contributed by atoms with van der Waals surface area (Å²) in [6.07, 6.45) is 5.04. The number of nitro benzene ring substituents is 1. The lowest BCUT2D eigenvalue weighted by Crippen LogP contribution is -2.39. The van der Waals surface area contributed by atoms with Gasteiger partial charge in [0.1, 0.15) is 0 Å². The Hall–Kier alpha value is -3.23. The Morgan fingerprint density at radius 3 is 2.67 bits per heavy atom. The van der Waals surface area contributed by atoms with Crippen molar-refractivity contribution >= 4 is 17.6 Å². The summed E-state index contributed by atoms with van der Waals surface area (Å²) < 4.78 is 1.66. The third-order valence-corrected chi connectivity index (χ3v) is 4.79. The molecule has 27 heavy (non-hydrogen) atoms. The van der Waals surface area contributed by atoms with E-state index in [-0.39, 0.29) is 23.2 Å². The molecule has 1 amide bonds. The first-order chi connectivity index (χ1) is 12.9. The normalized spacial score (nSPS) is 14.9. The van der Waals surface area contributed by atoms with Crippen LogP contribution in [0.2, 0.25) is 0 Å². The van der Waals surface area contributed by atoms with Gasteiger partial charge in [-0.25, -0.2) is 4.79 Å². The second-order valence-electron chi connectivity index (χ2n) is 6.55. The fourth-order valence-electron chi connectivity index (χ4n) is 3.26. The number of likely N-dealkylation sites (tertiary alicyclic amines) is 1. The minimum absolute atomic E-state index is 0.0200. The summed E-state index contributed by atoms with van der Waals surface area (Å²) in [6, 6.07) is 6.42. The average Bonchev–Trinajstić information content (AvgIpc) is 3.17. The zero-order chi connectivity index (χ0) is 19.4. The number of rotatable bonds is 6. The maximum Gasteiger partial charge on any atom is 0.338 e. The molecule has 1 N–H and O–H groups in total. The molecule has 1 saturated heterocycles. The van der Waals surface area contributed by atoms with Gasteiger partial charge in [-0.2, -0.15) is 5.10 Å². The van der Waals surface area contributed by atoms with E-state index in [1.54, 1.807) is 21.7 Å². The van der Waals surface area contributed by atoms with E-state index in [9.17, 15) is 19.7 Å². The summed E-state index contributed by atoms with van der Waals surface area (Å²) in [7, 11) is 0. The molecule has 0 radical (unpaired) electrons. The van der Waals surface area contributed by atoms with Gasteiger partial charge in [-0.3, -0.25) is 19.6 Å². The largest absolute Gasteiger partial charge is 0.478 e. The third-order valence-electron chi connectivity index (χ3n) is 4.79. The monoisotopic (exact) mass is 372 g/mol. The standard InChI is InChI=1S/C18H20N4O5/c23-17(5-4-13-2-1-3-16(10-13)22(26)27)20-8-6-15(7-9-20)21-12-14(11-19-21)18(24)25/h1-3,10-12,15H,4-9H2,(H,24,25). The van der Waals surface area contributed by atoms with Crippen LogP contribution >= 0.6 is 0 Å². The van der Waals surface area contributed by atoms with Crippen LogP contribution < -0.4 is 0 Å². The van der Waals surface area contributed by atoms with E-state index in [0.29, 0.717) is 38.8 Å². The summed E-state index contributed by atoms with van der Waals surface area (Å²) >= 11 is 0. The van der Waals surface area contributed by atoms with E-state index in [1.165, 1.54) is 24.5 Å². The molecule has 1 aromatic heterocycles. The van der Waals surface area contributed by atoms with Crippen LogP contribution in [0.25, 0.3) is 0 Å². The molecule has 0 atom stereocenters. The lowest BCUT2D eigenvalue weighted by Gasteiger charge is -2.32. The van der Waals surface area contributed by atoms with E-state index in [2.05, 4.69) is 5.10 Å². The molecule has 1 aliphatic rings. The predicted octanol–water partition coefficient (Wildman–Crippen LogP) is 2.29. The van der Waals surface area contributed by atoms with Gasteiger partial charge in [-0.15, -0.1) is 0 Å². The molecule has 0 bridgehead atoms. The molecular weight excluding hydrogens is 352 g/mol. The van der Waals surface area contributed by atoms with Crippen LogP contribution in [0, 0.1) is 10.1 Å². The quantitative estimate of drug-likeness (QED) is 0.614. The molecule has 0 aliphatic carbocycles. The highest BCUT2D eigenvalue weighted by Gasteiger charge is 2.24. The van der Waals surface area contributed by atoms with E-state index in [1.807, 2.05) is 0 Å². The summed E-state index contributed by atoms with van der Waals surface area (Å²) in [4.78, 5) is 35.5. The first-order valence-electron chi connectivity index (χ1n) is 8.72. The van der Waals surface area contributed by atoms with Crippen molar-refractivity contribution in [3.63, 3.8) is 0 Å². The molecule has 9 heteroatoms. The smallest absolute Gasteiger partial charge is 0.338 e. The third kappa shape index (κ3) is 4.49. The zero-order valence-electron chi connectivity index (χ0n) is 14.7.